The molecular formula is C19H24F3N3O3. The molecule has 154 valence electrons. The largest absolute Gasteiger partial charge is 0.416 e. The maximum absolute atomic E-state index is 12.9. The average molecular weight is 399 g/mol. The number of benzene rings is 1. The van der Waals surface area contributed by atoms with Crippen molar-refractivity contribution in [1.82, 2.24) is 15.1 Å². The van der Waals surface area contributed by atoms with E-state index in [9.17, 15) is 27.6 Å². The Balaban J connectivity index is 2.00. The summed E-state index contributed by atoms with van der Waals surface area (Å²) >= 11 is 0. The van der Waals surface area contributed by atoms with E-state index in [4.69, 9.17) is 0 Å². The molecule has 1 aliphatic rings. The van der Waals surface area contributed by atoms with E-state index in [1.807, 2.05) is 0 Å². The van der Waals surface area contributed by atoms with Crippen molar-refractivity contribution < 1.29 is 27.6 Å². The number of nitrogens with one attached hydrogen (secondary N) is 1. The number of carbonyl (C=O) groups excluding carboxylic acids is 3. The molecule has 28 heavy (non-hydrogen) atoms. The Bertz CT molecular complexity index is 737. The van der Waals surface area contributed by atoms with Crippen LogP contribution in [0.3, 0.4) is 0 Å². The SMILES string of the molecule is CNC(=O)[C@@H](CCC(=O)N1CCc2ccc(C(F)(F)F)cc2CC1)N(C)C=O. The van der Waals surface area contributed by atoms with Crippen molar-refractivity contribution >= 4 is 18.2 Å². The van der Waals surface area contributed by atoms with Crippen molar-refractivity contribution in [3.63, 3.8) is 0 Å². The van der Waals surface area contributed by atoms with Gasteiger partial charge in [-0.05, 0) is 42.5 Å². The number of hydrogen-bond donors (Lipinski definition) is 1. The van der Waals surface area contributed by atoms with Crippen LogP contribution in [0, 0.1) is 0 Å². The molecule has 3 amide bonds. The van der Waals surface area contributed by atoms with E-state index in [2.05, 4.69) is 5.32 Å². The zero-order valence-corrected chi connectivity index (χ0v) is 15.9. The smallest absolute Gasteiger partial charge is 0.357 e. The monoisotopic (exact) mass is 399 g/mol. The van der Waals surface area contributed by atoms with Gasteiger partial charge in [-0.3, -0.25) is 14.4 Å². The highest BCUT2D eigenvalue weighted by molar-refractivity contribution is 5.84. The molecule has 0 saturated heterocycles. The van der Waals surface area contributed by atoms with Crippen LogP contribution in [0.4, 0.5) is 13.2 Å². The zero-order valence-electron chi connectivity index (χ0n) is 15.9. The number of hydrogen-bond acceptors (Lipinski definition) is 3. The number of rotatable bonds is 6. The topological polar surface area (TPSA) is 69.7 Å². The Hall–Kier alpha value is -2.58. The molecule has 6 nitrogen and oxygen atoms in total. The summed E-state index contributed by atoms with van der Waals surface area (Å²) in [5, 5.41) is 2.47. The molecule has 0 fully saturated rings. The lowest BCUT2D eigenvalue weighted by atomic mass is 10.00. The van der Waals surface area contributed by atoms with E-state index in [1.165, 1.54) is 25.1 Å². The fourth-order valence-electron chi connectivity index (χ4n) is 3.33. The van der Waals surface area contributed by atoms with E-state index < -0.39 is 17.8 Å². The number of amides is 3. The normalized spacial score (nSPS) is 15.2. The molecule has 0 aromatic heterocycles. The van der Waals surface area contributed by atoms with Gasteiger partial charge >= 0.3 is 6.18 Å². The van der Waals surface area contributed by atoms with Gasteiger partial charge in [0.25, 0.3) is 0 Å². The molecule has 9 heteroatoms. The molecule has 1 atom stereocenters. The fraction of sp³-hybridized carbons (Fsp3) is 0.526. The summed E-state index contributed by atoms with van der Waals surface area (Å²) in [7, 11) is 2.93. The van der Waals surface area contributed by atoms with E-state index >= 15 is 0 Å². The predicted octanol–water partition coefficient (Wildman–Crippen LogP) is 1.62. The van der Waals surface area contributed by atoms with Crippen LogP contribution in [0.2, 0.25) is 0 Å². The van der Waals surface area contributed by atoms with Gasteiger partial charge in [0.05, 0.1) is 5.56 Å². The summed E-state index contributed by atoms with van der Waals surface area (Å²) in [4.78, 5) is 38.2. The fourth-order valence-corrected chi connectivity index (χ4v) is 3.33. The molecule has 1 aliphatic heterocycles. The Kier molecular flexibility index (Phi) is 7.04. The molecule has 1 N–H and O–H groups in total. The lowest BCUT2D eigenvalue weighted by Gasteiger charge is -2.25. The molecule has 1 aromatic rings. The average Bonchev–Trinajstić information content (AvgIpc) is 2.88. The van der Waals surface area contributed by atoms with Crippen molar-refractivity contribution in [1.29, 1.82) is 0 Å². The lowest BCUT2D eigenvalue weighted by molar-refractivity contribution is -0.137. The molecule has 0 spiro atoms. The van der Waals surface area contributed by atoms with Crippen molar-refractivity contribution in [2.24, 2.45) is 0 Å². The molecule has 0 aliphatic carbocycles. The van der Waals surface area contributed by atoms with Gasteiger partial charge in [-0.25, -0.2) is 0 Å². The standard InChI is InChI=1S/C19H24F3N3O3/c1-23-18(28)16(24(2)12-26)5-6-17(27)25-9-7-13-3-4-15(19(20,21)22)11-14(13)8-10-25/h3-4,11-12,16H,5-10H2,1-2H3,(H,23,28)/t16-/m1/s1. The third-order valence-electron chi connectivity index (χ3n) is 5.03. The van der Waals surface area contributed by atoms with Crippen molar-refractivity contribution in [2.45, 2.75) is 37.9 Å². The molecule has 0 saturated carbocycles. The number of carbonyl (C=O) groups is 3. The third kappa shape index (κ3) is 5.24. The lowest BCUT2D eigenvalue weighted by Crippen LogP contribution is -2.44. The first kappa shape index (κ1) is 21.7. The quantitative estimate of drug-likeness (QED) is 0.739. The predicted molar refractivity (Wildman–Crippen MR) is 96.3 cm³/mol. The Morgan fingerprint density at radius 1 is 1.25 bits per heavy atom. The van der Waals surface area contributed by atoms with Gasteiger partial charge in [0.1, 0.15) is 6.04 Å². The van der Waals surface area contributed by atoms with E-state index in [0.717, 1.165) is 17.7 Å². The van der Waals surface area contributed by atoms with Gasteiger partial charge in [0, 0.05) is 33.6 Å². The highest BCUT2D eigenvalue weighted by atomic mass is 19.4. The van der Waals surface area contributed by atoms with Crippen LogP contribution >= 0.6 is 0 Å². The Labute approximate surface area is 161 Å². The minimum absolute atomic E-state index is 0.0699. The van der Waals surface area contributed by atoms with E-state index in [1.54, 1.807) is 4.90 Å². The third-order valence-corrected chi connectivity index (χ3v) is 5.03. The summed E-state index contributed by atoms with van der Waals surface area (Å²) in [6.07, 6.45) is -2.79. The van der Waals surface area contributed by atoms with Crippen LogP contribution in [-0.2, 0) is 33.4 Å². The number of likely N-dealkylation sites (N-methyl/N-ethyl adjacent to an activating group) is 2. The molecular weight excluding hydrogens is 375 g/mol. The summed E-state index contributed by atoms with van der Waals surface area (Å²) in [5.74, 6) is -0.539. The number of fused-ring (bicyclic) bond motifs is 1. The number of nitrogens with zero attached hydrogens (tertiary/aromatic N) is 2. The van der Waals surface area contributed by atoms with Crippen LogP contribution in [0.15, 0.2) is 18.2 Å². The van der Waals surface area contributed by atoms with Gasteiger partial charge in [-0.2, -0.15) is 13.2 Å². The second-order valence-corrected chi connectivity index (χ2v) is 6.80. The summed E-state index contributed by atoms with van der Waals surface area (Å²) < 4.78 is 38.7. The minimum atomic E-state index is -4.39. The van der Waals surface area contributed by atoms with Crippen LogP contribution < -0.4 is 5.32 Å². The van der Waals surface area contributed by atoms with Gasteiger partial charge in [0.15, 0.2) is 0 Å². The second-order valence-electron chi connectivity index (χ2n) is 6.80. The van der Waals surface area contributed by atoms with Crippen molar-refractivity contribution in [3.8, 4) is 0 Å². The van der Waals surface area contributed by atoms with Gasteiger partial charge < -0.3 is 15.1 Å². The van der Waals surface area contributed by atoms with E-state index in [-0.39, 0.29) is 24.7 Å². The summed E-state index contributed by atoms with van der Waals surface area (Å²) in [6.45, 7) is 0.729. The van der Waals surface area contributed by atoms with Crippen LogP contribution in [0.1, 0.15) is 29.5 Å². The zero-order chi connectivity index (χ0) is 20.9. The maximum atomic E-state index is 12.9. The van der Waals surface area contributed by atoms with Crippen molar-refractivity contribution in [3.05, 3.63) is 34.9 Å². The van der Waals surface area contributed by atoms with Crippen LogP contribution in [0.5, 0.6) is 0 Å². The summed E-state index contributed by atoms with van der Waals surface area (Å²) in [6, 6.07) is 2.96. The van der Waals surface area contributed by atoms with Gasteiger partial charge in [0.2, 0.25) is 18.2 Å². The highest BCUT2D eigenvalue weighted by Crippen LogP contribution is 2.31. The molecule has 0 bridgehead atoms. The summed E-state index contributed by atoms with van der Waals surface area (Å²) in [5.41, 5.74) is 0.734. The molecule has 2 rings (SSSR count). The first-order valence-electron chi connectivity index (χ1n) is 9.03. The van der Waals surface area contributed by atoms with Crippen LogP contribution in [0.25, 0.3) is 0 Å². The Morgan fingerprint density at radius 2 is 1.89 bits per heavy atom. The molecule has 1 aromatic carbocycles. The first-order chi connectivity index (χ1) is 13.2. The second kappa shape index (κ2) is 9.07. The first-order valence-corrected chi connectivity index (χ1v) is 9.03. The molecule has 1 heterocycles. The van der Waals surface area contributed by atoms with Crippen LogP contribution in [-0.4, -0.2) is 61.3 Å². The number of halogens is 3. The Morgan fingerprint density at radius 3 is 2.46 bits per heavy atom. The minimum Gasteiger partial charge on any atom is -0.357 e. The molecule has 0 unspecified atom stereocenters. The number of alkyl halides is 3. The van der Waals surface area contributed by atoms with E-state index in [0.29, 0.717) is 37.9 Å². The van der Waals surface area contributed by atoms with Gasteiger partial charge in [-0.1, -0.05) is 6.07 Å². The van der Waals surface area contributed by atoms with Crippen molar-refractivity contribution in [2.75, 3.05) is 27.2 Å². The molecule has 0 radical (unpaired) electrons. The maximum Gasteiger partial charge on any atom is 0.416 e. The highest BCUT2D eigenvalue weighted by Gasteiger charge is 2.31. The van der Waals surface area contributed by atoms with Gasteiger partial charge in [-0.15, -0.1) is 0 Å².